The van der Waals surface area contributed by atoms with Crippen molar-refractivity contribution in [2.24, 2.45) is 5.92 Å². The van der Waals surface area contributed by atoms with Crippen LogP contribution in [0.5, 0.6) is 0 Å². The van der Waals surface area contributed by atoms with E-state index in [4.69, 9.17) is 9.47 Å². The predicted molar refractivity (Wildman–Crippen MR) is 76.3 cm³/mol. The molecule has 1 atom stereocenters. The SMILES string of the molecule is COCC(CCC(C)C)OC(=O)c1ccc(C)cc1. The van der Waals surface area contributed by atoms with Gasteiger partial charge in [0.25, 0.3) is 0 Å². The second-order valence-electron chi connectivity index (χ2n) is 5.32. The van der Waals surface area contributed by atoms with Crippen LogP contribution in [-0.4, -0.2) is 25.8 Å². The van der Waals surface area contributed by atoms with E-state index in [1.807, 2.05) is 19.1 Å². The van der Waals surface area contributed by atoms with Crippen molar-refractivity contribution in [3.8, 4) is 0 Å². The van der Waals surface area contributed by atoms with Gasteiger partial charge in [0.1, 0.15) is 6.10 Å². The quantitative estimate of drug-likeness (QED) is 0.706. The van der Waals surface area contributed by atoms with Gasteiger partial charge in [-0.2, -0.15) is 0 Å². The molecule has 0 spiro atoms. The molecule has 3 nitrogen and oxygen atoms in total. The first-order chi connectivity index (χ1) is 9.02. The van der Waals surface area contributed by atoms with Crippen LogP contribution in [0.25, 0.3) is 0 Å². The fourth-order valence-corrected chi connectivity index (χ4v) is 1.79. The minimum Gasteiger partial charge on any atom is -0.456 e. The molecule has 1 rings (SSSR count). The van der Waals surface area contributed by atoms with E-state index >= 15 is 0 Å². The lowest BCUT2D eigenvalue weighted by Gasteiger charge is -2.18. The molecule has 0 saturated heterocycles. The number of ether oxygens (including phenoxy) is 2. The number of carbonyl (C=O) groups is 1. The zero-order valence-corrected chi connectivity index (χ0v) is 12.3. The van der Waals surface area contributed by atoms with E-state index in [1.54, 1.807) is 19.2 Å². The van der Waals surface area contributed by atoms with Gasteiger partial charge in [-0.05, 0) is 37.8 Å². The van der Waals surface area contributed by atoms with Crippen LogP contribution >= 0.6 is 0 Å². The summed E-state index contributed by atoms with van der Waals surface area (Å²) in [6.45, 7) is 6.76. The van der Waals surface area contributed by atoms with Crippen molar-refractivity contribution >= 4 is 5.97 Å². The van der Waals surface area contributed by atoms with E-state index in [0.29, 0.717) is 18.1 Å². The van der Waals surface area contributed by atoms with Crippen LogP contribution in [0.4, 0.5) is 0 Å². The molecule has 0 bridgehead atoms. The number of rotatable bonds is 7. The normalized spacial score (nSPS) is 12.5. The molecule has 1 aromatic rings. The molecule has 1 unspecified atom stereocenters. The number of hydrogen-bond acceptors (Lipinski definition) is 3. The van der Waals surface area contributed by atoms with Gasteiger partial charge in [0.15, 0.2) is 0 Å². The van der Waals surface area contributed by atoms with Gasteiger partial charge in [-0.15, -0.1) is 0 Å². The van der Waals surface area contributed by atoms with Gasteiger partial charge in [-0.25, -0.2) is 4.79 Å². The summed E-state index contributed by atoms with van der Waals surface area (Å²) in [7, 11) is 1.63. The van der Waals surface area contributed by atoms with E-state index in [1.165, 1.54) is 0 Å². The molecular formula is C16H24O3. The Bertz CT molecular complexity index is 381. The summed E-state index contributed by atoms with van der Waals surface area (Å²) < 4.78 is 10.6. The monoisotopic (exact) mass is 264 g/mol. The lowest BCUT2D eigenvalue weighted by Crippen LogP contribution is -2.23. The van der Waals surface area contributed by atoms with Gasteiger partial charge in [0, 0.05) is 7.11 Å². The van der Waals surface area contributed by atoms with Crippen LogP contribution in [0.15, 0.2) is 24.3 Å². The summed E-state index contributed by atoms with van der Waals surface area (Å²) in [6, 6.07) is 7.42. The summed E-state index contributed by atoms with van der Waals surface area (Å²) in [5.74, 6) is 0.322. The number of methoxy groups -OCH3 is 1. The molecule has 0 fully saturated rings. The van der Waals surface area contributed by atoms with Crippen molar-refractivity contribution < 1.29 is 14.3 Å². The third-order valence-electron chi connectivity index (χ3n) is 2.98. The van der Waals surface area contributed by atoms with Crippen molar-refractivity contribution in [2.45, 2.75) is 39.7 Å². The first-order valence-corrected chi connectivity index (χ1v) is 6.79. The first kappa shape index (κ1) is 15.7. The number of carbonyl (C=O) groups excluding carboxylic acids is 1. The van der Waals surface area contributed by atoms with Crippen LogP contribution in [0.3, 0.4) is 0 Å². The maximum absolute atomic E-state index is 12.0. The third kappa shape index (κ3) is 5.88. The molecule has 0 aliphatic carbocycles. The fraction of sp³-hybridized carbons (Fsp3) is 0.562. The highest BCUT2D eigenvalue weighted by Crippen LogP contribution is 2.13. The third-order valence-corrected chi connectivity index (χ3v) is 2.98. The minimum atomic E-state index is -0.272. The maximum Gasteiger partial charge on any atom is 0.338 e. The van der Waals surface area contributed by atoms with Gasteiger partial charge in [0.05, 0.1) is 12.2 Å². The van der Waals surface area contributed by atoms with Gasteiger partial charge < -0.3 is 9.47 Å². The average Bonchev–Trinajstić information content (AvgIpc) is 2.37. The Morgan fingerprint density at radius 3 is 2.32 bits per heavy atom. The Morgan fingerprint density at radius 2 is 1.79 bits per heavy atom. The van der Waals surface area contributed by atoms with Crippen molar-refractivity contribution in [3.63, 3.8) is 0 Å². The largest absolute Gasteiger partial charge is 0.456 e. The predicted octanol–water partition coefficient (Wildman–Crippen LogP) is 3.60. The van der Waals surface area contributed by atoms with E-state index in [-0.39, 0.29) is 12.1 Å². The molecule has 3 heteroatoms. The smallest absolute Gasteiger partial charge is 0.338 e. The summed E-state index contributed by atoms with van der Waals surface area (Å²) in [4.78, 5) is 12.0. The van der Waals surface area contributed by atoms with Crippen LogP contribution < -0.4 is 0 Å². The molecule has 106 valence electrons. The highest BCUT2D eigenvalue weighted by molar-refractivity contribution is 5.89. The van der Waals surface area contributed by atoms with E-state index in [0.717, 1.165) is 18.4 Å². The second-order valence-corrected chi connectivity index (χ2v) is 5.32. The Hall–Kier alpha value is -1.35. The second kappa shape index (κ2) is 7.95. The van der Waals surface area contributed by atoms with Gasteiger partial charge in [-0.3, -0.25) is 0 Å². The first-order valence-electron chi connectivity index (χ1n) is 6.79. The van der Waals surface area contributed by atoms with Crippen molar-refractivity contribution in [2.75, 3.05) is 13.7 Å². The Balaban J connectivity index is 2.57. The Morgan fingerprint density at radius 1 is 1.16 bits per heavy atom. The molecule has 0 heterocycles. The molecular weight excluding hydrogens is 240 g/mol. The molecule has 19 heavy (non-hydrogen) atoms. The van der Waals surface area contributed by atoms with Gasteiger partial charge in [-0.1, -0.05) is 31.5 Å². The molecule has 0 radical (unpaired) electrons. The van der Waals surface area contributed by atoms with Gasteiger partial charge in [0.2, 0.25) is 0 Å². The molecule has 1 aromatic carbocycles. The molecule has 0 aliphatic heterocycles. The molecule has 0 amide bonds. The molecule has 0 N–H and O–H groups in total. The average molecular weight is 264 g/mol. The maximum atomic E-state index is 12.0. The van der Waals surface area contributed by atoms with E-state index in [9.17, 15) is 4.79 Å². The summed E-state index contributed by atoms with van der Waals surface area (Å²) in [6.07, 6.45) is 1.69. The zero-order valence-electron chi connectivity index (χ0n) is 12.3. The van der Waals surface area contributed by atoms with Crippen LogP contribution in [-0.2, 0) is 9.47 Å². The molecule has 0 aliphatic rings. The Labute approximate surface area is 115 Å². The number of aryl methyl sites for hydroxylation is 1. The molecule has 0 aromatic heterocycles. The molecule has 0 saturated carbocycles. The lowest BCUT2D eigenvalue weighted by atomic mass is 10.1. The highest BCUT2D eigenvalue weighted by atomic mass is 16.6. The summed E-state index contributed by atoms with van der Waals surface area (Å²) in [5.41, 5.74) is 1.72. The number of esters is 1. The number of hydrogen-bond donors (Lipinski definition) is 0. The van der Waals surface area contributed by atoms with Crippen molar-refractivity contribution in [3.05, 3.63) is 35.4 Å². The number of benzene rings is 1. The highest BCUT2D eigenvalue weighted by Gasteiger charge is 2.16. The van der Waals surface area contributed by atoms with E-state index in [2.05, 4.69) is 13.8 Å². The summed E-state index contributed by atoms with van der Waals surface area (Å²) in [5, 5.41) is 0. The van der Waals surface area contributed by atoms with Crippen molar-refractivity contribution in [1.29, 1.82) is 0 Å². The van der Waals surface area contributed by atoms with Crippen LogP contribution in [0.2, 0.25) is 0 Å². The van der Waals surface area contributed by atoms with E-state index < -0.39 is 0 Å². The Kier molecular flexibility index (Phi) is 6.57. The zero-order chi connectivity index (χ0) is 14.3. The standard InChI is InChI=1S/C16H24O3/c1-12(2)5-10-15(11-18-4)19-16(17)14-8-6-13(3)7-9-14/h6-9,12,15H,5,10-11H2,1-4H3. The van der Waals surface area contributed by atoms with Gasteiger partial charge >= 0.3 is 5.97 Å². The van der Waals surface area contributed by atoms with Crippen LogP contribution in [0, 0.1) is 12.8 Å². The van der Waals surface area contributed by atoms with Crippen LogP contribution in [0.1, 0.15) is 42.6 Å². The summed E-state index contributed by atoms with van der Waals surface area (Å²) >= 11 is 0. The minimum absolute atomic E-state index is 0.166. The lowest BCUT2D eigenvalue weighted by molar-refractivity contribution is 0.00156. The fourth-order valence-electron chi connectivity index (χ4n) is 1.79. The van der Waals surface area contributed by atoms with Crippen molar-refractivity contribution in [1.82, 2.24) is 0 Å². The topological polar surface area (TPSA) is 35.5 Å².